The van der Waals surface area contributed by atoms with Crippen molar-refractivity contribution in [3.63, 3.8) is 0 Å². The molecule has 0 atom stereocenters. The van der Waals surface area contributed by atoms with Gasteiger partial charge in [0, 0.05) is 42.0 Å². The van der Waals surface area contributed by atoms with Gasteiger partial charge in [-0.15, -0.1) is 11.3 Å². The SMILES string of the molecule is c1ccc(-c2ccc3sc4c(-c5ccc6c(c5)[nH]c5ccccc56)cccc4c3c2)cc1. The number of thiophene rings is 1. The van der Waals surface area contributed by atoms with E-state index in [0.717, 1.165) is 0 Å². The summed E-state index contributed by atoms with van der Waals surface area (Å²) in [5, 5.41) is 5.22. The largest absolute Gasteiger partial charge is 0.354 e. The van der Waals surface area contributed by atoms with Crippen LogP contribution in [0.1, 0.15) is 0 Å². The molecule has 0 amide bonds. The van der Waals surface area contributed by atoms with Crippen molar-refractivity contribution in [3.8, 4) is 22.3 Å². The van der Waals surface area contributed by atoms with Gasteiger partial charge in [0.2, 0.25) is 0 Å². The number of aromatic amines is 1. The fourth-order valence-corrected chi connectivity index (χ4v) is 6.08. The first-order valence-corrected chi connectivity index (χ1v) is 11.7. The lowest BCUT2D eigenvalue weighted by Gasteiger charge is -2.05. The average molecular weight is 426 g/mol. The third-order valence-electron chi connectivity index (χ3n) is 6.42. The number of H-pyrrole nitrogens is 1. The first kappa shape index (κ1) is 17.8. The second-order valence-corrected chi connectivity index (χ2v) is 9.34. The van der Waals surface area contributed by atoms with Gasteiger partial charge in [-0.1, -0.05) is 84.9 Å². The maximum Gasteiger partial charge on any atom is 0.0471 e. The smallest absolute Gasteiger partial charge is 0.0471 e. The molecule has 0 saturated heterocycles. The van der Waals surface area contributed by atoms with E-state index < -0.39 is 0 Å². The van der Waals surface area contributed by atoms with E-state index >= 15 is 0 Å². The molecule has 0 spiro atoms. The molecule has 32 heavy (non-hydrogen) atoms. The highest BCUT2D eigenvalue weighted by molar-refractivity contribution is 7.26. The van der Waals surface area contributed by atoms with Crippen molar-refractivity contribution in [1.29, 1.82) is 0 Å². The number of rotatable bonds is 2. The molecule has 150 valence electrons. The second kappa shape index (κ2) is 6.81. The van der Waals surface area contributed by atoms with Crippen LogP contribution in [0.2, 0.25) is 0 Å². The normalized spacial score (nSPS) is 11.8. The molecule has 2 aromatic heterocycles. The van der Waals surface area contributed by atoms with Gasteiger partial charge in [0.15, 0.2) is 0 Å². The monoisotopic (exact) mass is 425 g/mol. The van der Waals surface area contributed by atoms with Crippen LogP contribution < -0.4 is 0 Å². The predicted octanol–water partition coefficient (Wildman–Crippen LogP) is 9.02. The molecule has 0 aliphatic carbocycles. The van der Waals surface area contributed by atoms with Crippen molar-refractivity contribution in [3.05, 3.63) is 109 Å². The van der Waals surface area contributed by atoms with Crippen molar-refractivity contribution < 1.29 is 0 Å². The molecule has 0 fully saturated rings. The molecule has 0 aliphatic heterocycles. The van der Waals surface area contributed by atoms with Crippen LogP contribution in [-0.2, 0) is 0 Å². The van der Waals surface area contributed by atoms with Crippen LogP contribution >= 0.6 is 11.3 Å². The van der Waals surface area contributed by atoms with E-state index in [0.29, 0.717) is 0 Å². The zero-order valence-electron chi connectivity index (χ0n) is 17.3. The van der Waals surface area contributed by atoms with Crippen LogP contribution in [0.4, 0.5) is 0 Å². The molecular formula is C30H19NS. The minimum atomic E-state index is 1.19. The minimum Gasteiger partial charge on any atom is -0.354 e. The van der Waals surface area contributed by atoms with Gasteiger partial charge in [0.05, 0.1) is 0 Å². The molecule has 1 nitrogen and oxygen atoms in total. The van der Waals surface area contributed by atoms with E-state index in [1.807, 2.05) is 11.3 Å². The third-order valence-corrected chi connectivity index (χ3v) is 7.64. The van der Waals surface area contributed by atoms with Crippen molar-refractivity contribution in [1.82, 2.24) is 4.98 Å². The van der Waals surface area contributed by atoms with Gasteiger partial charge < -0.3 is 4.98 Å². The Hall–Kier alpha value is -3.88. The fraction of sp³-hybridized carbons (Fsp3) is 0. The van der Waals surface area contributed by atoms with Crippen LogP contribution in [0, 0.1) is 0 Å². The summed E-state index contributed by atoms with van der Waals surface area (Å²) < 4.78 is 2.68. The Kier molecular flexibility index (Phi) is 3.78. The highest BCUT2D eigenvalue weighted by Crippen LogP contribution is 2.42. The maximum atomic E-state index is 3.59. The van der Waals surface area contributed by atoms with E-state index in [1.54, 1.807) is 0 Å². The van der Waals surface area contributed by atoms with Crippen molar-refractivity contribution in [2.24, 2.45) is 0 Å². The Morgan fingerprint density at radius 1 is 0.469 bits per heavy atom. The molecule has 0 aliphatic rings. The molecule has 7 rings (SSSR count). The number of hydrogen-bond donors (Lipinski definition) is 1. The number of benzene rings is 5. The van der Waals surface area contributed by atoms with Gasteiger partial charge in [-0.25, -0.2) is 0 Å². The summed E-state index contributed by atoms with van der Waals surface area (Å²) in [4.78, 5) is 3.59. The lowest BCUT2D eigenvalue weighted by atomic mass is 9.99. The summed E-state index contributed by atoms with van der Waals surface area (Å²) in [6.07, 6.45) is 0. The lowest BCUT2D eigenvalue weighted by Crippen LogP contribution is -1.79. The summed E-state index contributed by atoms with van der Waals surface area (Å²) in [5.41, 5.74) is 7.45. The molecule has 2 heterocycles. The van der Waals surface area contributed by atoms with E-state index in [9.17, 15) is 0 Å². The van der Waals surface area contributed by atoms with Crippen LogP contribution in [0.5, 0.6) is 0 Å². The molecule has 0 unspecified atom stereocenters. The van der Waals surface area contributed by atoms with Crippen LogP contribution in [0.15, 0.2) is 109 Å². The van der Waals surface area contributed by atoms with Gasteiger partial charge in [0.25, 0.3) is 0 Å². The Labute approximate surface area is 189 Å². The molecular weight excluding hydrogens is 406 g/mol. The second-order valence-electron chi connectivity index (χ2n) is 8.29. The summed E-state index contributed by atoms with van der Waals surface area (Å²) in [6, 6.07) is 39.5. The third kappa shape index (κ3) is 2.63. The molecule has 5 aromatic carbocycles. The van der Waals surface area contributed by atoms with Gasteiger partial charge in [0.1, 0.15) is 0 Å². The molecule has 0 radical (unpaired) electrons. The quantitative estimate of drug-likeness (QED) is 0.284. The number of hydrogen-bond acceptors (Lipinski definition) is 1. The number of aromatic nitrogens is 1. The Balaban J connectivity index is 1.44. The highest BCUT2D eigenvalue weighted by Gasteiger charge is 2.13. The van der Waals surface area contributed by atoms with Crippen LogP contribution in [0.3, 0.4) is 0 Å². The Morgan fingerprint density at radius 2 is 1.25 bits per heavy atom. The molecule has 2 heteroatoms. The molecule has 0 saturated carbocycles. The van der Waals surface area contributed by atoms with Crippen molar-refractivity contribution in [2.75, 3.05) is 0 Å². The standard InChI is InChI=1S/C30H19NS/c1-2-7-19(8-3-1)20-14-16-29-26(17-20)25-11-6-10-22(30(25)32-29)21-13-15-24-23-9-4-5-12-27(23)31-28(24)18-21/h1-18,31H. The van der Waals surface area contributed by atoms with Crippen molar-refractivity contribution in [2.45, 2.75) is 0 Å². The van der Waals surface area contributed by atoms with Crippen LogP contribution in [-0.4, -0.2) is 4.98 Å². The minimum absolute atomic E-state index is 1.19. The Morgan fingerprint density at radius 3 is 2.19 bits per heavy atom. The van der Waals surface area contributed by atoms with Crippen LogP contribution in [0.25, 0.3) is 64.2 Å². The van der Waals surface area contributed by atoms with E-state index in [4.69, 9.17) is 0 Å². The Bertz CT molecular complexity index is 1770. The van der Waals surface area contributed by atoms with E-state index in [-0.39, 0.29) is 0 Å². The van der Waals surface area contributed by atoms with Crippen molar-refractivity contribution >= 4 is 53.3 Å². The average Bonchev–Trinajstić information content (AvgIpc) is 3.41. The van der Waals surface area contributed by atoms with Gasteiger partial charge in [-0.05, 0) is 46.5 Å². The fourth-order valence-electron chi connectivity index (χ4n) is 4.86. The van der Waals surface area contributed by atoms with E-state index in [2.05, 4.69) is 114 Å². The summed E-state index contributed by atoms with van der Waals surface area (Å²) >= 11 is 1.89. The van der Waals surface area contributed by atoms with Gasteiger partial charge >= 0.3 is 0 Å². The summed E-state index contributed by atoms with van der Waals surface area (Å²) in [6.45, 7) is 0. The molecule has 0 bridgehead atoms. The number of para-hydroxylation sites is 1. The number of fused-ring (bicyclic) bond motifs is 6. The predicted molar refractivity (Wildman–Crippen MR) is 140 cm³/mol. The topological polar surface area (TPSA) is 15.8 Å². The number of nitrogens with one attached hydrogen (secondary N) is 1. The first-order chi connectivity index (χ1) is 15.8. The zero-order valence-corrected chi connectivity index (χ0v) is 18.1. The lowest BCUT2D eigenvalue weighted by molar-refractivity contribution is 1.54. The van der Waals surface area contributed by atoms with Gasteiger partial charge in [-0.3, -0.25) is 0 Å². The zero-order chi connectivity index (χ0) is 21.1. The summed E-state index contributed by atoms with van der Waals surface area (Å²) in [5.74, 6) is 0. The van der Waals surface area contributed by atoms with E-state index in [1.165, 1.54) is 64.2 Å². The highest BCUT2D eigenvalue weighted by atomic mass is 32.1. The van der Waals surface area contributed by atoms with Gasteiger partial charge in [-0.2, -0.15) is 0 Å². The molecule has 7 aromatic rings. The summed E-state index contributed by atoms with van der Waals surface area (Å²) in [7, 11) is 0. The first-order valence-electron chi connectivity index (χ1n) is 10.9. The molecule has 1 N–H and O–H groups in total. The maximum absolute atomic E-state index is 3.59.